The number of carbonyl (C=O) groups excluding carboxylic acids is 2. The fourth-order valence-corrected chi connectivity index (χ4v) is 2.60. The van der Waals surface area contributed by atoms with Gasteiger partial charge in [-0.3, -0.25) is 4.79 Å². The van der Waals surface area contributed by atoms with Crippen molar-refractivity contribution in [3.8, 4) is 11.1 Å². The lowest BCUT2D eigenvalue weighted by Gasteiger charge is -2.07. The van der Waals surface area contributed by atoms with E-state index in [0.717, 1.165) is 16.7 Å². The highest BCUT2D eigenvalue weighted by Gasteiger charge is 2.28. The molecule has 0 amide bonds. The van der Waals surface area contributed by atoms with Crippen molar-refractivity contribution >= 4 is 11.8 Å². The minimum atomic E-state index is -0.422. The van der Waals surface area contributed by atoms with Gasteiger partial charge in [0.25, 0.3) is 0 Å². The zero-order valence-electron chi connectivity index (χ0n) is 10.7. The van der Waals surface area contributed by atoms with Gasteiger partial charge in [-0.05, 0) is 35.7 Å². The second-order valence-corrected chi connectivity index (χ2v) is 4.58. The molecule has 0 saturated carbocycles. The molecule has 0 spiro atoms. The van der Waals surface area contributed by atoms with Crippen molar-refractivity contribution in [3.63, 3.8) is 0 Å². The minimum Gasteiger partial charge on any atom is -0.465 e. The summed E-state index contributed by atoms with van der Waals surface area (Å²) in [4.78, 5) is 24.0. The van der Waals surface area contributed by atoms with Crippen molar-refractivity contribution in [1.29, 1.82) is 0 Å². The molecule has 3 heteroatoms. The maximum absolute atomic E-state index is 12.4. The van der Waals surface area contributed by atoms with Gasteiger partial charge >= 0.3 is 5.97 Å². The number of ketones is 1. The molecule has 0 aromatic heterocycles. The van der Waals surface area contributed by atoms with E-state index in [1.165, 1.54) is 7.11 Å². The molecule has 0 unspecified atom stereocenters. The van der Waals surface area contributed by atoms with Crippen LogP contribution in [0.15, 0.2) is 36.4 Å². The predicted molar refractivity (Wildman–Crippen MR) is 71.4 cm³/mol. The van der Waals surface area contributed by atoms with Gasteiger partial charge in [-0.25, -0.2) is 4.79 Å². The molecule has 0 fully saturated rings. The van der Waals surface area contributed by atoms with Gasteiger partial charge in [0.2, 0.25) is 0 Å². The van der Waals surface area contributed by atoms with Crippen molar-refractivity contribution in [3.05, 3.63) is 58.7 Å². The molecule has 0 atom stereocenters. The zero-order valence-corrected chi connectivity index (χ0v) is 10.7. The van der Waals surface area contributed by atoms with Crippen LogP contribution in [0.25, 0.3) is 11.1 Å². The average molecular weight is 252 g/mol. The third-order valence-corrected chi connectivity index (χ3v) is 3.44. The highest BCUT2D eigenvalue weighted by molar-refractivity contribution is 6.22. The van der Waals surface area contributed by atoms with Crippen molar-refractivity contribution < 1.29 is 14.3 Å². The summed E-state index contributed by atoms with van der Waals surface area (Å²) in [6, 6.07) is 10.9. The molecule has 94 valence electrons. The summed E-state index contributed by atoms with van der Waals surface area (Å²) in [7, 11) is 1.33. The first-order valence-electron chi connectivity index (χ1n) is 6.00. The first-order chi connectivity index (χ1) is 9.13. The Balaban J connectivity index is 2.28. The first kappa shape index (κ1) is 11.7. The number of fused-ring (bicyclic) bond motifs is 3. The quantitative estimate of drug-likeness (QED) is 0.625. The lowest BCUT2D eigenvalue weighted by Crippen LogP contribution is -2.04. The highest BCUT2D eigenvalue weighted by atomic mass is 16.5. The third kappa shape index (κ3) is 1.58. The van der Waals surface area contributed by atoms with Crippen LogP contribution in [-0.4, -0.2) is 18.9 Å². The van der Waals surface area contributed by atoms with Gasteiger partial charge in [0.05, 0.1) is 12.7 Å². The molecule has 2 aromatic carbocycles. The highest BCUT2D eigenvalue weighted by Crippen LogP contribution is 2.39. The number of carbonyl (C=O) groups is 2. The topological polar surface area (TPSA) is 43.4 Å². The summed E-state index contributed by atoms with van der Waals surface area (Å²) >= 11 is 0. The van der Waals surface area contributed by atoms with Crippen molar-refractivity contribution in [2.45, 2.75) is 6.92 Å². The van der Waals surface area contributed by atoms with Crippen molar-refractivity contribution in [1.82, 2.24) is 0 Å². The summed E-state index contributed by atoms with van der Waals surface area (Å²) in [5.41, 5.74) is 4.48. The van der Waals surface area contributed by atoms with Crippen LogP contribution in [-0.2, 0) is 4.74 Å². The van der Waals surface area contributed by atoms with E-state index in [0.29, 0.717) is 16.7 Å². The fraction of sp³-hybridized carbons (Fsp3) is 0.125. The SMILES string of the molecule is COC(=O)c1cc(C)c2c(c1)C(=O)c1ccccc1-2. The number of methoxy groups -OCH3 is 1. The first-order valence-corrected chi connectivity index (χ1v) is 6.00. The molecule has 0 saturated heterocycles. The smallest absolute Gasteiger partial charge is 0.337 e. The van der Waals surface area contributed by atoms with E-state index in [1.54, 1.807) is 12.1 Å². The largest absolute Gasteiger partial charge is 0.465 e. The van der Waals surface area contributed by atoms with E-state index in [9.17, 15) is 9.59 Å². The Bertz CT molecular complexity index is 714. The van der Waals surface area contributed by atoms with Crippen molar-refractivity contribution in [2.75, 3.05) is 7.11 Å². The molecule has 0 radical (unpaired) electrons. The van der Waals surface area contributed by atoms with Gasteiger partial charge in [0.1, 0.15) is 0 Å². The molecule has 2 aromatic rings. The van der Waals surface area contributed by atoms with Gasteiger partial charge in [-0.2, -0.15) is 0 Å². The van der Waals surface area contributed by atoms with Crippen LogP contribution in [0.2, 0.25) is 0 Å². The molecule has 3 rings (SSSR count). The number of rotatable bonds is 1. The maximum atomic E-state index is 12.4. The average Bonchev–Trinajstić information content (AvgIpc) is 2.72. The summed E-state index contributed by atoms with van der Waals surface area (Å²) < 4.78 is 4.71. The lowest BCUT2D eigenvalue weighted by atomic mass is 9.98. The summed E-state index contributed by atoms with van der Waals surface area (Å²) in [5, 5.41) is 0. The summed E-state index contributed by atoms with van der Waals surface area (Å²) in [6.07, 6.45) is 0. The van der Waals surface area contributed by atoms with E-state index in [-0.39, 0.29) is 5.78 Å². The van der Waals surface area contributed by atoms with Crippen LogP contribution < -0.4 is 0 Å². The van der Waals surface area contributed by atoms with Gasteiger partial charge in [0, 0.05) is 11.1 Å². The number of benzene rings is 2. The van der Waals surface area contributed by atoms with Crippen LogP contribution in [0.5, 0.6) is 0 Å². The predicted octanol–water partition coefficient (Wildman–Crippen LogP) is 2.99. The number of aryl methyl sites for hydroxylation is 1. The molecular weight excluding hydrogens is 240 g/mol. The molecule has 0 bridgehead atoms. The molecule has 1 aliphatic carbocycles. The van der Waals surface area contributed by atoms with E-state index in [2.05, 4.69) is 0 Å². The molecule has 0 N–H and O–H groups in total. The van der Waals surface area contributed by atoms with Crippen LogP contribution in [0, 0.1) is 6.92 Å². The molecule has 0 heterocycles. The summed E-state index contributed by atoms with van der Waals surface area (Å²) in [6.45, 7) is 1.90. The molecular formula is C16H12O3. The van der Waals surface area contributed by atoms with Crippen LogP contribution in [0.1, 0.15) is 31.8 Å². The Kier molecular flexibility index (Phi) is 2.49. The molecule has 3 nitrogen and oxygen atoms in total. The van der Waals surface area contributed by atoms with Gasteiger partial charge in [-0.1, -0.05) is 24.3 Å². The Morgan fingerprint density at radius 2 is 1.74 bits per heavy atom. The summed E-state index contributed by atoms with van der Waals surface area (Å²) in [5.74, 6) is -0.450. The lowest BCUT2D eigenvalue weighted by molar-refractivity contribution is 0.0600. The van der Waals surface area contributed by atoms with Crippen LogP contribution in [0.3, 0.4) is 0 Å². The number of hydrogen-bond acceptors (Lipinski definition) is 3. The van der Waals surface area contributed by atoms with E-state index in [4.69, 9.17) is 4.74 Å². The van der Waals surface area contributed by atoms with Crippen LogP contribution >= 0.6 is 0 Å². The Morgan fingerprint density at radius 1 is 1.05 bits per heavy atom. The van der Waals surface area contributed by atoms with Gasteiger partial charge < -0.3 is 4.74 Å². The fourth-order valence-electron chi connectivity index (χ4n) is 2.60. The van der Waals surface area contributed by atoms with Gasteiger partial charge in [0.15, 0.2) is 5.78 Å². The Labute approximate surface area is 110 Å². The zero-order chi connectivity index (χ0) is 13.6. The van der Waals surface area contributed by atoms with Crippen molar-refractivity contribution in [2.24, 2.45) is 0 Å². The third-order valence-electron chi connectivity index (χ3n) is 3.44. The van der Waals surface area contributed by atoms with E-state index in [1.807, 2.05) is 31.2 Å². The number of hydrogen-bond donors (Lipinski definition) is 0. The Hall–Kier alpha value is -2.42. The Morgan fingerprint density at radius 3 is 2.42 bits per heavy atom. The second kappa shape index (κ2) is 4.05. The monoisotopic (exact) mass is 252 g/mol. The van der Waals surface area contributed by atoms with E-state index < -0.39 is 5.97 Å². The van der Waals surface area contributed by atoms with Gasteiger partial charge in [-0.15, -0.1) is 0 Å². The normalized spacial score (nSPS) is 12.0. The van der Waals surface area contributed by atoms with E-state index >= 15 is 0 Å². The minimum absolute atomic E-state index is 0.0283. The molecule has 0 aliphatic heterocycles. The van der Waals surface area contributed by atoms with Crippen LogP contribution in [0.4, 0.5) is 0 Å². The number of esters is 1. The standard InChI is InChI=1S/C16H12O3/c1-9-7-10(16(18)19-2)8-13-14(9)11-5-3-4-6-12(11)15(13)17/h3-8H,1-2H3. The maximum Gasteiger partial charge on any atom is 0.337 e. The molecule has 19 heavy (non-hydrogen) atoms. The number of ether oxygens (including phenoxy) is 1. The second-order valence-electron chi connectivity index (χ2n) is 4.58. The molecule has 1 aliphatic rings.